The number of nitrogens with two attached hydrogens (primary N) is 1. The molecule has 0 atom stereocenters. The quantitative estimate of drug-likeness (QED) is 0.706. The molecule has 1 rings (SSSR count). The van der Waals surface area contributed by atoms with Crippen LogP contribution in [-0.2, 0) is 6.18 Å². The summed E-state index contributed by atoms with van der Waals surface area (Å²) in [5.41, 5.74) is 5.40. The van der Waals surface area contributed by atoms with Gasteiger partial charge in [-0.3, -0.25) is 0 Å². The lowest BCUT2D eigenvalue weighted by Gasteiger charge is -2.11. The molecule has 5 heteroatoms. The van der Waals surface area contributed by atoms with Crippen LogP contribution in [0.5, 0.6) is 0 Å². The summed E-state index contributed by atoms with van der Waals surface area (Å²) >= 11 is 2.84. The smallest absolute Gasteiger partial charge is 0.399 e. The SMILES string of the molecule is Cc1cc(Br)c(C(F)(F)F)cc1N. The van der Waals surface area contributed by atoms with E-state index >= 15 is 0 Å². The van der Waals surface area contributed by atoms with Crippen molar-refractivity contribution in [3.05, 3.63) is 27.7 Å². The van der Waals surface area contributed by atoms with Gasteiger partial charge in [0.15, 0.2) is 0 Å². The van der Waals surface area contributed by atoms with Gasteiger partial charge in [0.1, 0.15) is 0 Å². The minimum Gasteiger partial charge on any atom is -0.399 e. The number of anilines is 1. The highest BCUT2D eigenvalue weighted by atomic mass is 79.9. The third-order valence-corrected chi connectivity index (χ3v) is 2.32. The summed E-state index contributed by atoms with van der Waals surface area (Å²) in [6.45, 7) is 1.65. The Labute approximate surface area is 81.9 Å². The van der Waals surface area contributed by atoms with Crippen LogP contribution in [0.3, 0.4) is 0 Å². The lowest BCUT2D eigenvalue weighted by Crippen LogP contribution is -2.07. The van der Waals surface area contributed by atoms with E-state index < -0.39 is 11.7 Å². The minimum atomic E-state index is -4.36. The van der Waals surface area contributed by atoms with Crippen LogP contribution in [0.25, 0.3) is 0 Å². The van der Waals surface area contributed by atoms with Gasteiger partial charge in [-0.05, 0) is 24.6 Å². The van der Waals surface area contributed by atoms with E-state index in [2.05, 4.69) is 15.9 Å². The molecule has 2 N–H and O–H groups in total. The molecule has 1 nitrogen and oxygen atoms in total. The molecule has 1 aromatic carbocycles. The molecular formula is C8H7BrF3N. The Morgan fingerprint density at radius 2 is 1.85 bits per heavy atom. The van der Waals surface area contributed by atoms with E-state index in [-0.39, 0.29) is 10.2 Å². The molecular weight excluding hydrogens is 247 g/mol. The maximum atomic E-state index is 12.3. The Hall–Kier alpha value is -0.710. The molecule has 0 aliphatic heterocycles. The van der Waals surface area contributed by atoms with Crippen LogP contribution >= 0.6 is 15.9 Å². The molecule has 0 saturated heterocycles. The largest absolute Gasteiger partial charge is 0.417 e. The highest BCUT2D eigenvalue weighted by Crippen LogP contribution is 2.36. The number of rotatable bonds is 0. The Balaban J connectivity index is 3.32. The van der Waals surface area contributed by atoms with E-state index in [4.69, 9.17) is 5.73 Å². The Morgan fingerprint density at radius 3 is 2.31 bits per heavy atom. The topological polar surface area (TPSA) is 26.0 Å². The van der Waals surface area contributed by atoms with E-state index in [1.165, 1.54) is 6.07 Å². The molecule has 0 aliphatic carbocycles. The van der Waals surface area contributed by atoms with Crippen molar-refractivity contribution < 1.29 is 13.2 Å². The molecule has 0 unspecified atom stereocenters. The first kappa shape index (κ1) is 10.4. The van der Waals surface area contributed by atoms with Crippen molar-refractivity contribution in [1.29, 1.82) is 0 Å². The van der Waals surface area contributed by atoms with Crippen molar-refractivity contribution in [2.45, 2.75) is 13.1 Å². The van der Waals surface area contributed by atoms with Crippen molar-refractivity contribution in [1.82, 2.24) is 0 Å². The van der Waals surface area contributed by atoms with Crippen molar-refractivity contribution in [3.8, 4) is 0 Å². The van der Waals surface area contributed by atoms with Crippen LogP contribution in [0.15, 0.2) is 16.6 Å². The summed E-state index contributed by atoms with van der Waals surface area (Å²) in [6, 6.07) is 2.29. The van der Waals surface area contributed by atoms with Crippen molar-refractivity contribution in [2.24, 2.45) is 0 Å². The summed E-state index contributed by atoms with van der Waals surface area (Å²) in [6.07, 6.45) is -4.36. The molecule has 0 spiro atoms. The number of halogens is 4. The zero-order valence-electron chi connectivity index (χ0n) is 6.74. The first-order valence-electron chi connectivity index (χ1n) is 3.45. The molecule has 0 aliphatic rings. The maximum absolute atomic E-state index is 12.3. The number of nitrogen functional groups attached to an aromatic ring is 1. The number of benzene rings is 1. The minimum absolute atomic E-state index is 0.0201. The highest BCUT2D eigenvalue weighted by molar-refractivity contribution is 9.10. The first-order valence-corrected chi connectivity index (χ1v) is 4.24. The van der Waals surface area contributed by atoms with Crippen LogP contribution in [0, 0.1) is 6.92 Å². The third-order valence-electron chi connectivity index (χ3n) is 1.66. The predicted octanol–water partition coefficient (Wildman–Crippen LogP) is 3.36. The van der Waals surface area contributed by atoms with E-state index in [9.17, 15) is 13.2 Å². The summed E-state index contributed by atoms with van der Waals surface area (Å²) in [4.78, 5) is 0. The Morgan fingerprint density at radius 1 is 1.31 bits per heavy atom. The average Bonchev–Trinajstić information content (AvgIpc) is 1.94. The molecule has 0 amide bonds. The number of alkyl halides is 3. The second-order valence-corrected chi connectivity index (χ2v) is 3.54. The summed E-state index contributed by atoms with van der Waals surface area (Å²) in [5, 5.41) is 0. The molecule has 0 aromatic heterocycles. The van der Waals surface area contributed by atoms with E-state index in [1.807, 2.05) is 0 Å². The molecule has 1 aromatic rings. The van der Waals surface area contributed by atoms with Gasteiger partial charge < -0.3 is 5.73 Å². The second kappa shape index (κ2) is 3.21. The van der Waals surface area contributed by atoms with Gasteiger partial charge in [0.2, 0.25) is 0 Å². The summed E-state index contributed by atoms with van der Waals surface area (Å²) in [7, 11) is 0. The van der Waals surface area contributed by atoms with Crippen LogP contribution in [-0.4, -0.2) is 0 Å². The van der Waals surface area contributed by atoms with E-state index in [1.54, 1.807) is 6.92 Å². The van der Waals surface area contributed by atoms with Gasteiger partial charge in [0.25, 0.3) is 0 Å². The Bertz CT molecular complexity index is 333. The van der Waals surface area contributed by atoms with Crippen molar-refractivity contribution in [2.75, 3.05) is 5.73 Å². The zero-order valence-corrected chi connectivity index (χ0v) is 8.33. The molecule has 13 heavy (non-hydrogen) atoms. The first-order chi connectivity index (χ1) is 5.82. The van der Waals surface area contributed by atoms with Gasteiger partial charge in [-0.25, -0.2) is 0 Å². The molecule has 0 radical (unpaired) electrons. The lowest BCUT2D eigenvalue weighted by atomic mass is 10.1. The molecule has 0 heterocycles. The average molecular weight is 254 g/mol. The van der Waals surface area contributed by atoms with Gasteiger partial charge in [-0.2, -0.15) is 13.2 Å². The van der Waals surface area contributed by atoms with Crippen LogP contribution in [0.2, 0.25) is 0 Å². The standard InChI is InChI=1S/C8H7BrF3N/c1-4-2-6(9)5(3-7(4)13)8(10,11)12/h2-3H,13H2,1H3. The van der Waals surface area contributed by atoms with Gasteiger partial charge in [0.05, 0.1) is 5.56 Å². The summed E-state index contributed by atoms with van der Waals surface area (Å²) in [5.74, 6) is 0. The van der Waals surface area contributed by atoms with E-state index in [0.29, 0.717) is 5.56 Å². The normalized spacial score (nSPS) is 11.8. The van der Waals surface area contributed by atoms with Gasteiger partial charge in [0, 0.05) is 10.2 Å². The highest BCUT2D eigenvalue weighted by Gasteiger charge is 2.33. The molecule has 0 fully saturated rings. The number of hydrogen-bond donors (Lipinski definition) is 1. The van der Waals surface area contributed by atoms with Crippen LogP contribution < -0.4 is 5.73 Å². The molecule has 0 bridgehead atoms. The maximum Gasteiger partial charge on any atom is 0.417 e. The lowest BCUT2D eigenvalue weighted by molar-refractivity contribution is -0.138. The monoisotopic (exact) mass is 253 g/mol. The number of hydrogen-bond acceptors (Lipinski definition) is 1. The fourth-order valence-electron chi connectivity index (χ4n) is 0.907. The van der Waals surface area contributed by atoms with Crippen molar-refractivity contribution >= 4 is 21.6 Å². The molecule has 72 valence electrons. The predicted molar refractivity (Wildman–Crippen MR) is 48.3 cm³/mol. The van der Waals surface area contributed by atoms with Gasteiger partial charge in [-0.15, -0.1) is 0 Å². The zero-order chi connectivity index (χ0) is 10.2. The van der Waals surface area contributed by atoms with Crippen LogP contribution in [0.4, 0.5) is 18.9 Å². The third kappa shape index (κ3) is 2.15. The fraction of sp³-hybridized carbons (Fsp3) is 0.250. The second-order valence-electron chi connectivity index (χ2n) is 2.69. The van der Waals surface area contributed by atoms with E-state index in [0.717, 1.165) is 6.07 Å². The summed E-state index contributed by atoms with van der Waals surface area (Å²) < 4.78 is 36.8. The van der Waals surface area contributed by atoms with Crippen LogP contribution in [0.1, 0.15) is 11.1 Å². The Kier molecular flexibility index (Phi) is 2.56. The van der Waals surface area contributed by atoms with Gasteiger partial charge in [-0.1, -0.05) is 15.9 Å². The number of aryl methyl sites for hydroxylation is 1. The van der Waals surface area contributed by atoms with Gasteiger partial charge >= 0.3 is 6.18 Å². The fourth-order valence-corrected chi connectivity index (χ4v) is 1.59. The van der Waals surface area contributed by atoms with Crippen molar-refractivity contribution in [3.63, 3.8) is 0 Å². The molecule has 0 saturated carbocycles.